The van der Waals surface area contributed by atoms with Crippen LogP contribution in [0.15, 0.2) is 53.4 Å². The minimum Gasteiger partial charge on any atom is -0.497 e. The molecule has 2 fully saturated rings. The standard InChI is InChI=1S/C27H37N3O4S/c1-34-24-12-10-23(11-13-24)26(29-17-3-2-4-18-29)21-28-27(31)16-9-22-7-14-25(15-8-22)35(32,33)30-19-5-6-20-30/h7-8,10-15,26H,2-6,9,16-21H2,1H3,(H,28,31). The van der Waals surface area contributed by atoms with E-state index in [2.05, 4.69) is 22.3 Å². The zero-order chi connectivity index (χ0) is 24.7. The van der Waals surface area contributed by atoms with Crippen molar-refractivity contribution >= 4 is 15.9 Å². The van der Waals surface area contributed by atoms with Crippen molar-refractivity contribution in [1.29, 1.82) is 0 Å². The van der Waals surface area contributed by atoms with Gasteiger partial charge in [0.2, 0.25) is 15.9 Å². The lowest BCUT2D eigenvalue weighted by atomic mass is 10.0. The van der Waals surface area contributed by atoms with Gasteiger partial charge in [0.1, 0.15) is 5.75 Å². The Morgan fingerprint density at radius 2 is 1.54 bits per heavy atom. The summed E-state index contributed by atoms with van der Waals surface area (Å²) in [6, 6.07) is 15.2. The van der Waals surface area contributed by atoms with E-state index < -0.39 is 10.0 Å². The van der Waals surface area contributed by atoms with Gasteiger partial charge in [-0.05, 0) is 80.6 Å². The molecule has 2 aromatic carbocycles. The molecule has 0 aliphatic carbocycles. The maximum atomic E-state index is 12.7. The fourth-order valence-corrected chi connectivity index (χ4v) is 6.49. The predicted molar refractivity (Wildman–Crippen MR) is 137 cm³/mol. The number of hydrogen-bond donors (Lipinski definition) is 1. The van der Waals surface area contributed by atoms with Gasteiger partial charge in [0, 0.05) is 26.1 Å². The molecular formula is C27H37N3O4S. The lowest BCUT2D eigenvalue weighted by Gasteiger charge is -2.35. The van der Waals surface area contributed by atoms with Crippen LogP contribution in [0.3, 0.4) is 0 Å². The third-order valence-corrected chi connectivity index (χ3v) is 9.00. The fourth-order valence-electron chi connectivity index (χ4n) is 4.98. The number of carbonyl (C=O) groups is 1. The molecule has 2 heterocycles. The molecule has 0 spiro atoms. The number of nitrogens with one attached hydrogen (secondary N) is 1. The smallest absolute Gasteiger partial charge is 0.243 e. The molecule has 190 valence electrons. The van der Waals surface area contributed by atoms with Gasteiger partial charge in [0.25, 0.3) is 0 Å². The van der Waals surface area contributed by atoms with Gasteiger partial charge < -0.3 is 10.1 Å². The van der Waals surface area contributed by atoms with E-state index in [0.29, 0.717) is 37.4 Å². The largest absolute Gasteiger partial charge is 0.497 e. The molecule has 2 aromatic rings. The van der Waals surface area contributed by atoms with Crippen molar-refractivity contribution in [2.45, 2.75) is 55.9 Å². The average Bonchev–Trinajstić information content (AvgIpc) is 3.45. The topological polar surface area (TPSA) is 78.9 Å². The summed E-state index contributed by atoms with van der Waals surface area (Å²) in [6.45, 7) is 3.84. The number of aryl methyl sites for hydroxylation is 1. The van der Waals surface area contributed by atoms with Crippen molar-refractivity contribution in [3.63, 3.8) is 0 Å². The zero-order valence-corrected chi connectivity index (χ0v) is 21.4. The van der Waals surface area contributed by atoms with Crippen molar-refractivity contribution in [2.24, 2.45) is 0 Å². The first-order valence-corrected chi connectivity index (χ1v) is 14.2. The van der Waals surface area contributed by atoms with E-state index in [9.17, 15) is 13.2 Å². The normalized spacial score (nSPS) is 18.3. The summed E-state index contributed by atoms with van der Waals surface area (Å²) in [5, 5.41) is 3.14. The van der Waals surface area contributed by atoms with Crippen LogP contribution < -0.4 is 10.1 Å². The second-order valence-corrected chi connectivity index (χ2v) is 11.4. The van der Waals surface area contributed by atoms with Gasteiger partial charge in [0.15, 0.2) is 0 Å². The van der Waals surface area contributed by atoms with Gasteiger partial charge in [-0.3, -0.25) is 9.69 Å². The number of rotatable bonds is 10. The highest BCUT2D eigenvalue weighted by Crippen LogP contribution is 2.26. The minimum absolute atomic E-state index is 0.00860. The second-order valence-electron chi connectivity index (χ2n) is 9.44. The summed E-state index contributed by atoms with van der Waals surface area (Å²) in [6.07, 6.45) is 6.41. The van der Waals surface area contributed by atoms with E-state index in [1.54, 1.807) is 23.5 Å². The van der Waals surface area contributed by atoms with Crippen molar-refractivity contribution in [1.82, 2.24) is 14.5 Å². The number of hydrogen-bond acceptors (Lipinski definition) is 5. The van der Waals surface area contributed by atoms with Crippen molar-refractivity contribution in [3.8, 4) is 5.75 Å². The number of carbonyl (C=O) groups excluding carboxylic acids is 1. The quantitative estimate of drug-likeness (QED) is 0.539. The molecule has 0 radical (unpaired) electrons. The maximum absolute atomic E-state index is 12.7. The number of ether oxygens (including phenoxy) is 1. The van der Waals surface area contributed by atoms with Crippen LogP contribution in [0.4, 0.5) is 0 Å². The lowest BCUT2D eigenvalue weighted by Crippen LogP contribution is -2.40. The molecule has 2 aliphatic rings. The molecular weight excluding hydrogens is 462 g/mol. The van der Waals surface area contributed by atoms with Gasteiger partial charge in [-0.1, -0.05) is 30.7 Å². The third-order valence-electron chi connectivity index (χ3n) is 7.09. The molecule has 35 heavy (non-hydrogen) atoms. The van der Waals surface area contributed by atoms with E-state index in [1.165, 1.54) is 24.8 Å². The second kappa shape index (κ2) is 12.0. The number of methoxy groups -OCH3 is 1. The lowest BCUT2D eigenvalue weighted by molar-refractivity contribution is -0.121. The first-order valence-electron chi connectivity index (χ1n) is 12.7. The van der Waals surface area contributed by atoms with E-state index in [-0.39, 0.29) is 11.9 Å². The average molecular weight is 500 g/mol. The first kappa shape index (κ1) is 25.7. The Kier molecular flexibility index (Phi) is 8.81. The summed E-state index contributed by atoms with van der Waals surface area (Å²) >= 11 is 0. The molecule has 2 aliphatic heterocycles. The number of nitrogens with zero attached hydrogens (tertiary/aromatic N) is 2. The Balaban J connectivity index is 1.31. The minimum atomic E-state index is -3.41. The Morgan fingerprint density at radius 3 is 2.17 bits per heavy atom. The Bertz CT molecular complexity index is 1060. The molecule has 2 saturated heterocycles. The van der Waals surface area contributed by atoms with Crippen LogP contribution in [0.25, 0.3) is 0 Å². The van der Waals surface area contributed by atoms with Gasteiger partial charge >= 0.3 is 0 Å². The molecule has 0 saturated carbocycles. The summed E-state index contributed by atoms with van der Waals surface area (Å²) in [5.74, 6) is 0.837. The van der Waals surface area contributed by atoms with Crippen LogP contribution in [0.1, 0.15) is 55.7 Å². The summed E-state index contributed by atoms with van der Waals surface area (Å²) in [5.41, 5.74) is 2.14. The van der Waals surface area contributed by atoms with Crippen LogP contribution in [0.2, 0.25) is 0 Å². The Labute approximate surface area is 209 Å². The molecule has 4 rings (SSSR count). The van der Waals surface area contributed by atoms with Gasteiger partial charge in [0.05, 0.1) is 18.0 Å². The number of piperidine rings is 1. The van der Waals surface area contributed by atoms with Crippen molar-refractivity contribution < 1.29 is 17.9 Å². The Hall–Kier alpha value is -2.42. The number of likely N-dealkylation sites (tertiary alicyclic amines) is 1. The highest BCUT2D eigenvalue weighted by atomic mass is 32.2. The van der Waals surface area contributed by atoms with Gasteiger partial charge in [-0.25, -0.2) is 8.42 Å². The molecule has 8 heteroatoms. The number of amides is 1. The predicted octanol–water partition coefficient (Wildman–Crippen LogP) is 3.76. The highest BCUT2D eigenvalue weighted by molar-refractivity contribution is 7.89. The van der Waals surface area contributed by atoms with Crippen molar-refractivity contribution in [3.05, 3.63) is 59.7 Å². The molecule has 1 unspecified atom stereocenters. The van der Waals surface area contributed by atoms with Gasteiger partial charge in [-0.2, -0.15) is 4.31 Å². The van der Waals surface area contributed by atoms with Crippen LogP contribution in [0, 0.1) is 0 Å². The zero-order valence-electron chi connectivity index (χ0n) is 20.6. The van der Waals surface area contributed by atoms with E-state index in [4.69, 9.17) is 4.74 Å². The Morgan fingerprint density at radius 1 is 0.914 bits per heavy atom. The molecule has 1 N–H and O–H groups in total. The monoisotopic (exact) mass is 499 g/mol. The number of sulfonamides is 1. The molecule has 0 aromatic heterocycles. The van der Waals surface area contributed by atoms with E-state index in [0.717, 1.165) is 37.2 Å². The molecule has 1 atom stereocenters. The van der Waals surface area contributed by atoms with Crippen LogP contribution in [-0.4, -0.2) is 63.4 Å². The third kappa shape index (κ3) is 6.63. The van der Waals surface area contributed by atoms with Crippen molar-refractivity contribution in [2.75, 3.05) is 39.8 Å². The highest BCUT2D eigenvalue weighted by Gasteiger charge is 2.27. The maximum Gasteiger partial charge on any atom is 0.243 e. The SMILES string of the molecule is COc1ccc(C(CNC(=O)CCc2ccc(S(=O)(=O)N3CCCC3)cc2)N2CCCCC2)cc1. The summed E-state index contributed by atoms with van der Waals surface area (Å²) in [7, 11) is -1.74. The van der Waals surface area contributed by atoms with Crippen LogP contribution in [-0.2, 0) is 21.2 Å². The summed E-state index contributed by atoms with van der Waals surface area (Å²) < 4.78 is 32.2. The van der Waals surface area contributed by atoms with E-state index in [1.807, 2.05) is 24.3 Å². The van der Waals surface area contributed by atoms with Crippen LogP contribution >= 0.6 is 0 Å². The van der Waals surface area contributed by atoms with Gasteiger partial charge in [-0.15, -0.1) is 0 Å². The number of benzene rings is 2. The van der Waals surface area contributed by atoms with Crippen LogP contribution in [0.5, 0.6) is 5.75 Å². The molecule has 0 bridgehead atoms. The van der Waals surface area contributed by atoms with E-state index >= 15 is 0 Å². The molecule has 7 nitrogen and oxygen atoms in total. The summed E-state index contributed by atoms with van der Waals surface area (Å²) in [4.78, 5) is 15.5. The molecule has 1 amide bonds. The fraction of sp³-hybridized carbons (Fsp3) is 0.519. The first-order chi connectivity index (χ1) is 17.0.